The summed E-state index contributed by atoms with van der Waals surface area (Å²) in [6.45, 7) is 2.32. The van der Waals surface area contributed by atoms with Crippen molar-refractivity contribution in [3.8, 4) is 0 Å². The molecule has 1 rings (SSSR count). The van der Waals surface area contributed by atoms with Crippen molar-refractivity contribution in [1.29, 1.82) is 0 Å². The van der Waals surface area contributed by atoms with E-state index in [4.69, 9.17) is 5.73 Å². The van der Waals surface area contributed by atoms with Gasteiger partial charge in [-0.2, -0.15) is 0 Å². The third kappa shape index (κ3) is 3.20. The molecule has 0 aliphatic rings. The first-order valence-corrected chi connectivity index (χ1v) is 4.76. The Morgan fingerprint density at radius 1 is 1.85 bits per heavy atom. The minimum atomic E-state index is -0.136. The molecular weight excluding hydrogens is 234 g/mol. The molecule has 0 aliphatic carbocycles. The second kappa shape index (κ2) is 4.43. The lowest BCUT2D eigenvalue weighted by atomic mass is 10.3. The maximum atomic E-state index is 11.3. The van der Waals surface area contributed by atoms with E-state index in [1.807, 2.05) is 6.92 Å². The van der Waals surface area contributed by atoms with Crippen LogP contribution in [0.1, 0.15) is 17.4 Å². The van der Waals surface area contributed by atoms with E-state index < -0.39 is 0 Å². The van der Waals surface area contributed by atoms with E-state index in [-0.39, 0.29) is 11.9 Å². The molecule has 0 fully saturated rings. The molecule has 4 N–H and O–H groups in total. The molecule has 0 bridgehead atoms. The monoisotopic (exact) mass is 245 g/mol. The predicted molar refractivity (Wildman–Crippen MR) is 54.5 cm³/mol. The molecule has 1 atom stereocenters. The lowest BCUT2D eigenvalue weighted by Crippen LogP contribution is -2.35. The summed E-state index contributed by atoms with van der Waals surface area (Å²) in [6, 6.07) is 1.69. The summed E-state index contributed by atoms with van der Waals surface area (Å²) in [7, 11) is 0. The van der Waals surface area contributed by atoms with Crippen molar-refractivity contribution in [3.63, 3.8) is 0 Å². The Kier molecular flexibility index (Phi) is 3.50. The molecule has 1 unspecified atom stereocenters. The maximum Gasteiger partial charge on any atom is 0.267 e. The van der Waals surface area contributed by atoms with E-state index in [0.717, 1.165) is 4.47 Å². The first-order chi connectivity index (χ1) is 6.09. The Bertz CT molecular complexity index is 295. The van der Waals surface area contributed by atoms with E-state index in [9.17, 15) is 4.79 Å². The molecule has 1 heterocycles. The minimum absolute atomic E-state index is 0.0256. The molecule has 0 radical (unpaired) electrons. The van der Waals surface area contributed by atoms with Gasteiger partial charge < -0.3 is 16.0 Å². The second-order valence-electron chi connectivity index (χ2n) is 2.92. The molecular formula is C8H12BrN3O. The molecule has 1 amide bonds. The fraction of sp³-hybridized carbons (Fsp3) is 0.375. The predicted octanol–water partition coefficient (Wildman–Crippen LogP) is 0.854. The number of nitrogens with one attached hydrogen (secondary N) is 2. The van der Waals surface area contributed by atoms with Crippen molar-refractivity contribution >= 4 is 21.8 Å². The Balaban J connectivity index is 2.49. The van der Waals surface area contributed by atoms with Gasteiger partial charge >= 0.3 is 0 Å². The third-order valence-corrected chi connectivity index (χ3v) is 1.93. The summed E-state index contributed by atoms with van der Waals surface area (Å²) in [5.74, 6) is -0.136. The first-order valence-electron chi connectivity index (χ1n) is 3.97. The Labute approximate surface area is 85.0 Å². The number of hydrogen-bond acceptors (Lipinski definition) is 2. The van der Waals surface area contributed by atoms with Crippen LogP contribution in [0.2, 0.25) is 0 Å². The van der Waals surface area contributed by atoms with E-state index >= 15 is 0 Å². The van der Waals surface area contributed by atoms with Gasteiger partial charge in [-0.15, -0.1) is 0 Å². The zero-order valence-electron chi connectivity index (χ0n) is 7.30. The number of amides is 1. The van der Waals surface area contributed by atoms with Crippen LogP contribution in [0.3, 0.4) is 0 Å². The topological polar surface area (TPSA) is 70.9 Å². The third-order valence-electron chi connectivity index (χ3n) is 1.48. The van der Waals surface area contributed by atoms with Crippen LogP contribution in [-0.2, 0) is 0 Å². The number of nitrogens with two attached hydrogens (primary N) is 1. The summed E-state index contributed by atoms with van der Waals surface area (Å²) in [5, 5.41) is 2.70. The lowest BCUT2D eigenvalue weighted by Gasteiger charge is -2.05. The van der Waals surface area contributed by atoms with Gasteiger partial charge in [0.05, 0.1) is 0 Å². The molecule has 4 nitrogen and oxygen atoms in total. The van der Waals surface area contributed by atoms with E-state index in [2.05, 4.69) is 26.2 Å². The standard InChI is InChI=1S/C8H12BrN3O/c1-5(10)3-12-8(13)7-2-6(9)4-11-7/h2,4-5,11H,3,10H2,1H3,(H,12,13). The van der Waals surface area contributed by atoms with Crippen LogP contribution in [0.25, 0.3) is 0 Å². The fourth-order valence-electron chi connectivity index (χ4n) is 0.848. The highest BCUT2D eigenvalue weighted by Crippen LogP contribution is 2.09. The second-order valence-corrected chi connectivity index (χ2v) is 3.83. The van der Waals surface area contributed by atoms with Gasteiger partial charge in [-0.05, 0) is 28.9 Å². The Hall–Kier alpha value is -0.810. The summed E-state index contributed by atoms with van der Waals surface area (Å²) in [4.78, 5) is 14.2. The number of carbonyl (C=O) groups is 1. The molecule has 13 heavy (non-hydrogen) atoms. The Morgan fingerprint density at radius 3 is 3.00 bits per heavy atom. The van der Waals surface area contributed by atoms with Crippen LogP contribution in [0.5, 0.6) is 0 Å². The summed E-state index contributed by atoms with van der Waals surface area (Å²) in [5.41, 5.74) is 6.02. The molecule has 0 saturated heterocycles. The van der Waals surface area contributed by atoms with Gasteiger partial charge in [0.1, 0.15) is 5.69 Å². The number of halogens is 1. The van der Waals surface area contributed by atoms with Crippen molar-refractivity contribution in [2.24, 2.45) is 5.73 Å². The number of aromatic amines is 1. The van der Waals surface area contributed by atoms with Gasteiger partial charge in [0.15, 0.2) is 0 Å². The van der Waals surface area contributed by atoms with Gasteiger partial charge in [0.25, 0.3) is 5.91 Å². The summed E-state index contributed by atoms with van der Waals surface area (Å²) < 4.78 is 0.860. The van der Waals surface area contributed by atoms with E-state index in [0.29, 0.717) is 12.2 Å². The molecule has 0 aromatic carbocycles. The minimum Gasteiger partial charge on any atom is -0.356 e. The van der Waals surface area contributed by atoms with Crippen LogP contribution in [-0.4, -0.2) is 23.5 Å². The first kappa shape index (κ1) is 10.3. The smallest absolute Gasteiger partial charge is 0.267 e. The quantitative estimate of drug-likeness (QED) is 0.740. The number of carbonyl (C=O) groups excluding carboxylic acids is 1. The summed E-state index contributed by atoms with van der Waals surface area (Å²) >= 11 is 3.24. The zero-order valence-corrected chi connectivity index (χ0v) is 8.89. The average Bonchev–Trinajstić information content (AvgIpc) is 2.47. The highest BCUT2D eigenvalue weighted by Gasteiger charge is 2.07. The fourth-order valence-corrected chi connectivity index (χ4v) is 1.19. The van der Waals surface area contributed by atoms with Crippen molar-refractivity contribution in [2.45, 2.75) is 13.0 Å². The van der Waals surface area contributed by atoms with E-state index in [1.54, 1.807) is 12.3 Å². The molecule has 1 aromatic rings. The number of aromatic nitrogens is 1. The van der Waals surface area contributed by atoms with Crippen LogP contribution >= 0.6 is 15.9 Å². The average molecular weight is 246 g/mol. The van der Waals surface area contributed by atoms with Gasteiger partial charge in [0.2, 0.25) is 0 Å². The molecule has 5 heteroatoms. The SMILES string of the molecule is CC(N)CNC(=O)c1cc(Br)c[nH]1. The van der Waals surface area contributed by atoms with Crippen LogP contribution in [0.4, 0.5) is 0 Å². The maximum absolute atomic E-state index is 11.3. The Morgan fingerprint density at radius 2 is 2.54 bits per heavy atom. The van der Waals surface area contributed by atoms with Gasteiger partial charge in [-0.3, -0.25) is 4.79 Å². The van der Waals surface area contributed by atoms with E-state index in [1.165, 1.54) is 0 Å². The van der Waals surface area contributed by atoms with Gasteiger partial charge in [-0.25, -0.2) is 0 Å². The van der Waals surface area contributed by atoms with Crippen molar-refractivity contribution in [2.75, 3.05) is 6.54 Å². The van der Waals surface area contributed by atoms with Crippen molar-refractivity contribution in [1.82, 2.24) is 10.3 Å². The van der Waals surface area contributed by atoms with Gasteiger partial charge in [0, 0.05) is 23.3 Å². The van der Waals surface area contributed by atoms with Crippen molar-refractivity contribution < 1.29 is 4.79 Å². The number of hydrogen-bond donors (Lipinski definition) is 3. The van der Waals surface area contributed by atoms with Gasteiger partial charge in [-0.1, -0.05) is 0 Å². The number of rotatable bonds is 3. The van der Waals surface area contributed by atoms with Crippen molar-refractivity contribution in [3.05, 3.63) is 22.4 Å². The summed E-state index contributed by atoms with van der Waals surface area (Å²) in [6.07, 6.45) is 1.71. The largest absolute Gasteiger partial charge is 0.356 e. The normalized spacial score (nSPS) is 12.5. The molecule has 72 valence electrons. The highest BCUT2D eigenvalue weighted by atomic mass is 79.9. The molecule has 1 aromatic heterocycles. The highest BCUT2D eigenvalue weighted by molar-refractivity contribution is 9.10. The zero-order chi connectivity index (χ0) is 9.84. The lowest BCUT2D eigenvalue weighted by molar-refractivity contribution is 0.0947. The molecule has 0 saturated carbocycles. The number of H-pyrrole nitrogens is 1. The van der Waals surface area contributed by atoms with Crippen LogP contribution in [0, 0.1) is 0 Å². The van der Waals surface area contributed by atoms with Crippen LogP contribution in [0.15, 0.2) is 16.7 Å². The molecule has 0 spiro atoms. The van der Waals surface area contributed by atoms with Crippen LogP contribution < -0.4 is 11.1 Å². The molecule has 0 aliphatic heterocycles.